The predicted molar refractivity (Wildman–Crippen MR) is 142 cm³/mol. The second-order valence-electron chi connectivity index (χ2n) is 11.2. The molecular formula is C27H34F4N8O2. The second kappa shape index (κ2) is 10.9. The Hall–Kier alpha value is -3.71. The van der Waals surface area contributed by atoms with Crippen molar-refractivity contribution < 1.29 is 27.2 Å². The van der Waals surface area contributed by atoms with Gasteiger partial charge in [-0.3, -0.25) is 14.3 Å². The molecule has 2 aliphatic rings. The Bertz CT molecular complexity index is 1430. The molecule has 10 nitrogen and oxygen atoms in total. The number of carbonyl (C=O) groups is 2. The molecule has 14 heteroatoms. The molecule has 1 aliphatic heterocycles. The van der Waals surface area contributed by atoms with E-state index in [0.29, 0.717) is 35.0 Å². The maximum Gasteiger partial charge on any atom is 0.270 e. The van der Waals surface area contributed by atoms with Crippen LogP contribution in [0.1, 0.15) is 66.9 Å². The summed E-state index contributed by atoms with van der Waals surface area (Å²) in [6.45, 7) is 1.66. The number of imidazole rings is 1. The Kier molecular flexibility index (Phi) is 7.68. The number of amides is 2. The molecule has 4 heterocycles. The lowest BCUT2D eigenvalue weighted by molar-refractivity contribution is -0.136. The van der Waals surface area contributed by atoms with Crippen molar-refractivity contribution >= 4 is 23.1 Å². The summed E-state index contributed by atoms with van der Waals surface area (Å²) in [5, 5.41) is 14.1. The van der Waals surface area contributed by atoms with Gasteiger partial charge in [0.05, 0.1) is 35.9 Å². The van der Waals surface area contributed by atoms with Crippen LogP contribution in [-0.2, 0) is 17.8 Å². The Morgan fingerprint density at radius 1 is 1.22 bits per heavy atom. The molecule has 1 unspecified atom stereocenters. The number of aryl methyl sites for hydroxylation is 1. The monoisotopic (exact) mass is 578 g/mol. The van der Waals surface area contributed by atoms with Crippen LogP contribution < -0.4 is 15.5 Å². The number of aromatic nitrogens is 5. The average Bonchev–Trinajstić information content (AvgIpc) is 3.55. The lowest BCUT2D eigenvalue weighted by Crippen LogP contribution is -2.48. The molecule has 0 aromatic carbocycles. The van der Waals surface area contributed by atoms with Gasteiger partial charge in [0.1, 0.15) is 5.69 Å². The Labute approximate surface area is 234 Å². The zero-order valence-corrected chi connectivity index (χ0v) is 23.2. The Balaban J connectivity index is 1.49. The first-order valence-electron chi connectivity index (χ1n) is 13.8. The topological polar surface area (TPSA) is 109 Å². The van der Waals surface area contributed by atoms with Gasteiger partial charge in [-0.25, -0.2) is 27.1 Å². The van der Waals surface area contributed by atoms with Crippen LogP contribution in [0, 0.1) is 11.8 Å². The van der Waals surface area contributed by atoms with Gasteiger partial charge in [-0.05, 0) is 31.7 Å². The van der Waals surface area contributed by atoms with E-state index in [1.165, 1.54) is 10.7 Å². The zero-order chi connectivity index (χ0) is 29.5. The van der Waals surface area contributed by atoms with Gasteiger partial charge in [-0.15, -0.1) is 0 Å². The number of hydrogen-bond acceptors (Lipinski definition) is 6. The van der Waals surface area contributed by atoms with Gasteiger partial charge >= 0.3 is 0 Å². The van der Waals surface area contributed by atoms with E-state index in [-0.39, 0.29) is 38.0 Å². The third-order valence-electron chi connectivity index (χ3n) is 7.97. The highest BCUT2D eigenvalue weighted by molar-refractivity contribution is 5.92. The largest absolute Gasteiger partial charge is 0.376 e. The van der Waals surface area contributed by atoms with E-state index in [2.05, 4.69) is 20.8 Å². The smallest absolute Gasteiger partial charge is 0.270 e. The molecule has 2 N–H and O–H groups in total. The maximum atomic E-state index is 14.1. The molecule has 1 aliphatic carbocycles. The molecule has 41 heavy (non-hydrogen) atoms. The van der Waals surface area contributed by atoms with Gasteiger partial charge in [0.15, 0.2) is 5.65 Å². The van der Waals surface area contributed by atoms with Crippen LogP contribution in [0.15, 0.2) is 24.5 Å². The SMILES string of the molecule is CCn1nccc1C(=O)N[C@H](c1cn2nc(CC3CC(F)(F)CNC3=O)c(N(C)C)cc2n1)C1CCC(F)(F)CC1. The first-order chi connectivity index (χ1) is 19.4. The Morgan fingerprint density at radius 3 is 2.63 bits per heavy atom. The summed E-state index contributed by atoms with van der Waals surface area (Å²) in [5.41, 5.74) is 2.28. The molecule has 2 fully saturated rings. The fraction of sp³-hybridized carbons (Fsp3) is 0.593. The zero-order valence-electron chi connectivity index (χ0n) is 23.2. The van der Waals surface area contributed by atoms with E-state index in [0.717, 1.165) is 0 Å². The van der Waals surface area contributed by atoms with Crippen molar-refractivity contribution in [3.63, 3.8) is 0 Å². The summed E-state index contributed by atoms with van der Waals surface area (Å²) < 4.78 is 59.2. The fourth-order valence-corrected chi connectivity index (χ4v) is 5.76. The molecule has 0 radical (unpaired) electrons. The highest BCUT2D eigenvalue weighted by atomic mass is 19.3. The van der Waals surface area contributed by atoms with E-state index in [4.69, 9.17) is 4.98 Å². The van der Waals surface area contributed by atoms with Crippen LogP contribution in [0.3, 0.4) is 0 Å². The van der Waals surface area contributed by atoms with E-state index < -0.39 is 48.6 Å². The maximum absolute atomic E-state index is 14.1. The fourth-order valence-electron chi connectivity index (χ4n) is 5.76. The number of alkyl halides is 4. The van der Waals surface area contributed by atoms with Crippen LogP contribution in [0.4, 0.5) is 23.2 Å². The molecule has 3 aromatic heterocycles. The third kappa shape index (κ3) is 6.15. The minimum absolute atomic E-state index is 0.00271. The van der Waals surface area contributed by atoms with Crippen molar-refractivity contribution in [2.75, 3.05) is 25.5 Å². The lowest BCUT2D eigenvalue weighted by Gasteiger charge is -2.33. The van der Waals surface area contributed by atoms with Crippen LogP contribution in [0.25, 0.3) is 5.65 Å². The molecule has 0 spiro atoms. The number of fused-ring (bicyclic) bond motifs is 1. The number of anilines is 1. The van der Waals surface area contributed by atoms with Crippen molar-refractivity contribution in [1.29, 1.82) is 0 Å². The second-order valence-corrected chi connectivity index (χ2v) is 11.2. The van der Waals surface area contributed by atoms with Crippen LogP contribution in [-0.4, -0.2) is 68.7 Å². The lowest BCUT2D eigenvalue weighted by atomic mass is 9.81. The molecule has 1 saturated carbocycles. The number of rotatable bonds is 8. The van der Waals surface area contributed by atoms with Crippen molar-refractivity contribution in [1.82, 2.24) is 35.0 Å². The van der Waals surface area contributed by atoms with Gasteiger partial charge < -0.3 is 15.5 Å². The summed E-state index contributed by atoms with van der Waals surface area (Å²) in [6, 6.07) is 2.66. The molecule has 0 bridgehead atoms. The minimum atomic E-state index is -3.00. The number of carbonyl (C=O) groups excluding carboxylic acids is 2. The first kappa shape index (κ1) is 28.8. The van der Waals surface area contributed by atoms with Gasteiger partial charge in [0, 0.05) is 64.5 Å². The molecule has 3 aromatic rings. The predicted octanol–water partition coefficient (Wildman–Crippen LogP) is 3.62. The first-order valence-corrected chi connectivity index (χ1v) is 13.8. The minimum Gasteiger partial charge on any atom is -0.376 e. The van der Waals surface area contributed by atoms with E-state index in [1.807, 2.05) is 6.92 Å². The molecule has 2 atom stereocenters. The van der Waals surface area contributed by atoms with Crippen LogP contribution in [0.5, 0.6) is 0 Å². The van der Waals surface area contributed by atoms with Gasteiger partial charge in [0.2, 0.25) is 11.8 Å². The van der Waals surface area contributed by atoms with Crippen molar-refractivity contribution in [2.45, 2.75) is 69.9 Å². The molecule has 1 saturated heterocycles. The van der Waals surface area contributed by atoms with E-state index in [9.17, 15) is 27.2 Å². The van der Waals surface area contributed by atoms with E-state index >= 15 is 0 Å². The average molecular weight is 579 g/mol. The molecule has 222 valence electrons. The van der Waals surface area contributed by atoms with Crippen LogP contribution in [0.2, 0.25) is 0 Å². The molecule has 2 amide bonds. The highest BCUT2D eigenvalue weighted by Gasteiger charge is 2.42. The van der Waals surface area contributed by atoms with Crippen molar-refractivity contribution in [3.8, 4) is 0 Å². The normalized spacial score (nSPS) is 21.4. The summed E-state index contributed by atoms with van der Waals surface area (Å²) in [4.78, 5) is 32.2. The van der Waals surface area contributed by atoms with E-state index in [1.54, 1.807) is 42.0 Å². The number of hydrogen-bond donors (Lipinski definition) is 2. The Morgan fingerprint density at radius 2 is 1.95 bits per heavy atom. The third-order valence-corrected chi connectivity index (χ3v) is 7.97. The number of nitrogens with one attached hydrogen (secondary N) is 2. The number of piperidine rings is 1. The summed E-state index contributed by atoms with van der Waals surface area (Å²) in [6.07, 6.45) is 2.40. The molecule has 5 rings (SSSR count). The highest BCUT2D eigenvalue weighted by Crippen LogP contribution is 2.41. The number of nitrogens with zero attached hydrogens (tertiary/aromatic N) is 6. The summed E-state index contributed by atoms with van der Waals surface area (Å²) in [5.74, 6) is -7.83. The summed E-state index contributed by atoms with van der Waals surface area (Å²) >= 11 is 0. The van der Waals surface area contributed by atoms with Gasteiger partial charge in [-0.1, -0.05) is 0 Å². The number of halogens is 4. The van der Waals surface area contributed by atoms with Crippen molar-refractivity contribution in [3.05, 3.63) is 41.6 Å². The standard InChI is InChI=1S/C27H34F4N8O2/c1-4-38-20(7-10-33-38)25(41)35-23(16-5-8-26(28,29)9-6-16)19-14-39-22(34-19)12-21(37(2)3)18(36-39)11-17-13-27(30,31)15-32-24(17)40/h7,10,12,14,16-17,23H,4-6,8-9,11,13,15H2,1-3H3,(H,32,40)(H,35,41)/t17?,23-/m0/s1. The molecular weight excluding hydrogens is 544 g/mol. The summed E-state index contributed by atoms with van der Waals surface area (Å²) in [7, 11) is 3.55. The van der Waals surface area contributed by atoms with Gasteiger partial charge in [0.25, 0.3) is 11.8 Å². The van der Waals surface area contributed by atoms with Crippen molar-refractivity contribution in [2.24, 2.45) is 11.8 Å². The quantitative estimate of drug-likeness (QED) is 0.396. The van der Waals surface area contributed by atoms with Crippen LogP contribution >= 0.6 is 0 Å². The van der Waals surface area contributed by atoms with Gasteiger partial charge in [-0.2, -0.15) is 10.2 Å².